The maximum Gasteiger partial charge on any atom is 0.240 e. The molecule has 0 aromatic rings. The summed E-state index contributed by atoms with van der Waals surface area (Å²) in [7, 11) is -3.06. The summed E-state index contributed by atoms with van der Waals surface area (Å²) in [5.41, 5.74) is 0. The Kier molecular flexibility index (Phi) is 4.69. The molecule has 0 aromatic carbocycles. The van der Waals surface area contributed by atoms with Gasteiger partial charge in [0.05, 0.1) is 16.5 Å². The normalized spacial score (nSPS) is 29.3. The summed E-state index contributed by atoms with van der Waals surface area (Å²) in [4.78, 5) is 16.6. The van der Waals surface area contributed by atoms with Gasteiger partial charge in [-0.25, -0.2) is 8.42 Å². The fourth-order valence-corrected chi connectivity index (χ4v) is 5.87. The van der Waals surface area contributed by atoms with Crippen LogP contribution in [0.5, 0.6) is 0 Å². The van der Waals surface area contributed by atoms with E-state index in [1.807, 2.05) is 32.6 Å². The van der Waals surface area contributed by atoms with Gasteiger partial charge in [-0.3, -0.25) is 9.69 Å². The molecule has 2 rings (SSSR count). The van der Waals surface area contributed by atoms with Crippen LogP contribution in [0.3, 0.4) is 0 Å². The zero-order chi connectivity index (χ0) is 15.8. The summed E-state index contributed by atoms with van der Waals surface area (Å²) in [6, 6.07) is 0.0958. The lowest BCUT2D eigenvalue weighted by Gasteiger charge is -2.43. The van der Waals surface area contributed by atoms with Crippen LogP contribution in [0.1, 0.15) is 47.0 Å². The van der Waals surface area contributed by atoms with Crippen LogP contribution in [0.25, 0.3) is 0 Å². The van der Waals surface area contributed by atoms with Crippen molar-refractivity contribution in [2.75, 3.05) is 25.4 Å². The molecule has 2 aliphatic rings. The van der Waals surface area contributed by atoms with E-state index in [4.69, 9.17) is 0 Å². The highest BCUT2D eigenvalue weighted by atomic mass is 32.2. The van der Waals surface area contributed by atoms with Crippen LogP contribution < -0.4 is 0 Å². The van der Waals surface area contributed by atoms with Crippen LogP contribution in [0.15, 0.2) is 0 Å². The molecule has 0 bridgehead atoms. The Bertz CT molecular complexity index is 497. The summed E-state index contributed by atoms with van der Waals surface area (Å²) in [5, 5.41) is 0. The maximum atomic E-state index is 12.5. The van der Waals surface area contributed by atoms with Crippen LogP contribution in [0.4, 0.5) is 0 Å². The molecule has 0 aromatic heterocycles. The van der Waals surface area contributed by atoms with Crippen molar-refractivity contribution in [2.24, 2.45) is 0 Å². The topological polar surface area (TPSA) is 57.7 Å². The highest BCUT2D eigenvalue weighted by Gasteiger charge is 2.49. The predicted octanol–water partition coefficient (Wildman–Crippen LogP) is 1.28. The Labute approximate surface area is 128 Å². The van der Waals surface area contributed by atoms with Crippen molar-refractivity contribution in [3.8, 4) is 0 Å². The zero-order valence-corrected chi connectivity index (χ0v) is 14.4. The molecule has 1 unspecified atom stereocenters. The van der Waals surface area contributed by atoms with E-state index >= 15 is 0 Å². The van der Waals surface area contributed by atoms with Crippen molar-refractivity contribution in [2.45, 2.75) is 63.8 Å². The zero-order valence-electron chi connectivity index (χ0n) is 13.6. The molecule has 122 valence electrons. The molecule has 0 radical (unpaired) electrons. The van der Waals surface area contributed by atoms with Crippen molar-refractivity contribution in [3.05, 3.63) is 0 Å². The smallest absolute Gasteiger partial charge is 0.240 e. The van der Waals surface area contributed by atoms with Crippen LogP contribution in [-0.2, 0) is 14.6 Å². The largest absolute Gasteiger partial charge is 0.339 e. The van der Waals surface area contributed by atoms with Gasteiger partial charge < -0.3 is 4.90 Å². The van der Waals surface area contributed by atoms with Gasteiger partial charge in [-0.15, -0.1) is 0 Å². The van der Waals surface area contributed by atoms with E-state index in [1.165, 1.54) is 0 Å². The third kappa shape index (κ3) is 2.72. The molecule has 1 atom stereocenters. The lowest BCUT2D eigenvalue weighted by Crippen LogP contribution is -2.59. The number of amides is 1. The number of likely N-dealkylation sites (tertiary alicyclic amines) is 1. The first-order valence-corrected chi connectivity index (χ1v) is 9.70. The van der Waals surface area contributed by atoms with E-state index in [-0.39, 0.29) is 23.7 Å². The van der Waals surface area contributed by atoms with Crippen molar-refractivity contribution in [1.29, 1.82) is 0 Å². The molecule has 2 heterocycles. The highest BCUT2D eigenvalue weighted by molar-refractivity contribution is 7.92. The fourth-order valence-electron chi connectivity index (χ4n) is 3.72. The van der Waals surface area contributed by atoms with Gasteiger partial charge in [-0.05, 0) is 33.1 Å². The quantitative estimate of drug-likeness (QED) is 0.784. The van der Waals surface area contributed by atoms with Crippen molar-refractivity contribution in [1.82, 2.24) is 9.80 Å². The Morgan fingerprint density at radius 2 is 1.86 bits per heavy atom. The third-order valence-electron chi connectivity index (χ3n) is 5.36. The summed E-state index contributed by atoms with van der Waals surface area (Å²) in [5.74, 6) is 0.352. The van der Waals surface area contributed by atoms with Crippen molar-refractivity contribution in [3.63, 3.8) is 0 Å². The second-order valence-corrected chi connectivity index (χ2v) is 9.11. The van der Waals surface area contributed by atoms with Gasteiger partial charge >= 0.3 is 0 Å². The lowest BCUT2D eigenvalue weighted by molar-refractivity contribution is -0.133. The SMILES string of the molecule is CCC1(CC)CN(C2CCN(C(C)C)C2=O)CCS1(=O)=O. The molecule has 2 aliphatic heterocycles. The summed E-state index contributed by atoms with van der Waals surface area (Å²) in [6.07, 6.45) is 2.06. The Morgan fingerprint density at radius 1 is 1.24 bits per heavy atom. The van der Waals surface area contributed by atoms with E-state index < -0.39 is 14.6 Å². The Hall–Kier alpha value is -0.620. The number of hydrogen-bond acceptors (Lipinski definition) is 4. The molecule has 0 saturated carbocycles. The molecule has 0 aliphatic carbocycles. The van der Waals surface area contributed by atoms with Crippen LogP contribution in [0, 0.1) is 0 Å². The molecule has 5 nitrogen and oxygen atoms in total. The van der Waals surface area contributed by atoms with Crippen molar-refractivity contribution < 1.29 is 13.2 Å². The molecule has 0 spiro atoms. The first-order chi connectivity index (χ1) is 9.78. The minimum absolute atomic E-state index is 0.125. The van der Waals surface area contributed by atoms with Gasteiger partial charge in [0.1, 0.15) is 0 Å². The molecular formula is C15H28N2O3S. The molecule has 6 heteroatoms. The van der Waals surface area contributed by atoms with E-state index in [0.29, 0.717) is 25.9 Å². The van der Waals surface area contributed by atoms with E-state index in [0.717, 1.165) is 13.0 Å². The third-order valence-corrected chi connectivity index (χ3v) is 8.11. The molecular weight excluding hydrogens is 288 g/mol. The molecule has 21 heavy (non-hydrogen) atoms. The summed E-state index contributed by atoms with van der Waals surface area (Å²) < 4.78 is 24.2. The van der Waals surface area contributed by atoms with Crippen LogP contribution >= 0.6 is 0 Å². The second kappa shape index (κ2) is 5.88. The molecule has 2 fully saturated rings. The number of sulfone groups is 1. The highest BCUT2D eigenvalue weighted by Crippen LogP contribution is 2.34. The predicted molar refractivity (Wildman–Crippen MR) is 83.9 cm³/mol. The van der Waals surface area contributed by atoms with Gasteiger partial charge in [-0.2, -0.15) is 0 Å². The number of nitrogens with zero attached hydrogens (tertiary/aromatic N) is 2. The van der Waals surface area contributed by atoms with E-state index in [9.17, 15) is 13.2 Å². The average Bonchev–Trinajstić information content (AvgIpc) is 2.81. The summed E-state index contributed by atoms with van der Waals surface area (Å²) in [6.45, 7) is 9.74. The minimum atomic E-state index is -3.06. The first kappa shape index (κ1) is 16.7. The summed E-state index contributed by atoms with van der Waals surface area (Å²) >= 11 is 0. The van der Waals surface area contributed by atoms with Crippen molar-refractivity contribution >= 4 is 15.7 Å². The van der Waals surface area contributed by atoms with Crippen LogP contribution in [0.2, 0.25) is 0 Å². The van der Waals surface area contributed by atoms with Crippen LogP contribution in [-0.4, -0.2) is 66.3 Å². The minimum Gasteiger partial charge on any atom is -0.339 e. The van der Waals surface area contributed by atoms with Gasteiger partial charge in [0.15, 0.2) is 9.84 Å². The lowest BCUT2D eigenvalue weighted by atomic mass is 10.00. The number of rotatable bonds is 4. The molecule has 1 amide bonds. The molecule has 0 N–H and O–H groups in total. The fraction of sp³-hybridized carbons (Fsp3) is 0.933. The number of carbonyl (C=O) groups is 1. The Morgan fingerprint density at radius 3 is 2.33 bits per heavy atom. The van der Waals surface area contributed by atoms with E-state index in [1.54, 1.807) is 0 Å². The van der Waals surface area contributed by atoms with Gasteiger partial charge in [0.25, 0.3) is 0 Å². The maximum absolute atomic E-state index is 12.5. The molecule has 2 saturated heterocycles. The van der Waals surface area contributed by atoms with E-state index in [2.05, 4.69) is 4.90 Å². The monoisotopic (exact) mass is 316 g/mol. The second-order valence-electron chi connectivity index (χ2n) is 6.61. The Balaban J connectivity index is 2.19. The number of hydrogen-bond donors (Lipinski definition) is 0. The standard InChI is InChI=1S/C15H28N2O3S/c1-5-15(6-2)11-16(9-10-21(15,19)20)13-7-8-17(12(3)4)14(13)18/h12-13H,5-11H2,1-4H3. The van der Waals surface area contributed by atoms with Gasteiger partial charge in [0.2, 0.25) is 5.91 Å². The van der Waals surface area contributed by atoms with Gasteiger partial charge in [0, 0.05) is 25.7 Å². The average molecular weight is 316 g/mol. The number of carbonyl (C=O) groups excluding carboxylic acids is 1. The van der Waals surface area contributed by atoms with Gasteiger partial charge in [-0.1, -0.05) is 13.8 Å². The first-order valence-electron chi connectivity index (χ1n) is 8.05.